The molecule has 0 aromatic carbocycles. The van der Waals surface area contributed by atoms with E-state index in [0.29, 0.717) is 32.0 Å². The Kier molecular flexibility index (Phi) is 30.9. The third-order valence-corrected chi connectivity index (χ3v) is 9.80. The fraction of sp³-hybridized carbons (Fsp3) is 0.684. The molecule has 64 heavy (non-hydrogen) atoms. The van der Waals surface area contributed by atoms with Gasteiger partial charge >= 0.3 is 72.5 Å². The second-order valence-corrected chi connectivity index (χ2v) is 49.8. The molecule has 0 aliphatic carbocycles. The number of carbonyl (C=O) groups is 2. The summed E-state index contributed by atoms with van der Waals surface area (Å²) in [5.74, 6) is 1.14. The normalized spacial score (nSPS) is 22.9. The number of hydrogen-bond donors (Lipinski definition) is 7. The first-order valence-electron chi connectivity index (χ1n) is 20.9. The van der Waals surface area contributed by atoms with E-state index in [1.54, 1.807) is 24.5 Å². The summed E-state index contributed by atoms with van der Waals surface area (Å²) in [6.45, 7) is 10.9. The molecule has 5 fully saturated rings. The van der Waals surface area contributed by atoms with Gasteiger partial charge < -0.3 is 59.1 Å². The molecule has 2 aromatic rings. The molecule has 0 saturated carbocycles. The SMILES string of the molecule is CC(CO)N1CCN(c2ccc(C(=O)NOC3CCCCO3)cn2)CC1.CO[B]O.O=C(NOC1CCCCO1)c1ccc(N2CCNCC2)nc1.OC1COC(O)CO1.[I][V]([I])[I]. The average Bonchev–Trinajstić information content (AvgIpc) is 3.34. The fourth-order valence-corrected chi connectivity index (χ4v) is 6.26. The zero-order valence-corrected chi connectivity index (χ0v) is 44.0. The van der Waals surface area contributed by atoms with Gasteiger partial charge in [0.15, 0.2) is 25.2 Å². The van der Waals surface area contributed by atoms with Crippen molar-refractivity contribution in [3.63, 3.8) is 0 Å². The minimum atomic E-state index is -0.863. The molecule has 26 heteroatoms. The van der Waals surface area contributed by atoms with Gasteiger partial charge in [-0.3, -0.25) is 14.5 Å². The van der Waals surface area contributed by atoms with Gasteiger partial charge in [0.05, 0.1) is 17.7 Å². The van der Waals surface area contributed by atoms with Gasteiger partial charge in [0.2, 0.25) is 0 Å². The van der Waals surface area contributed by atoms with E-state index in [0.717, 1.165) is 103 Å². The Labute approximate surface area is 413 Å². The number of aliphatic hydroxyl groups is 3. The Morgan fingerprint density at radius 3 is 1.58 bits per heavy atom. The Hall–Kier alpha value is -0.841. The van der Waals surface area contributed by atoms with E-state index in [-0.39, 0.29) is 55.2 Å². The van der Waals surface area contributed by atoms with E-state index in [9.17, 15) is 14.7 Å². The first-order chi connectivity index (χ1) is 30.9. The number of amides is 2. The van der Waals surface area contributed by atoms with Crippen LogP contribution < -0.4 is 26.1 Å². The quantitative estimate of drug-likeness (QED) is 0.0965. The molecule has 5 atom stereocenters. The summed E-state index contributed by atoms with van der Waals surface area (Å²) < 4.78 is 23.9. The molecule has 2 amide bonds. The molecule has 361 valence electrons. The molecule has 5 aliphatic rings. The number of hydrogen-bond acceptors (Lipinski definition) is 19. The van der Waals surface area contributed by atoms with Gasteiger partial charge in [0, 0.05) is 104 Å². The van der Waals surface area contributed by atoms with Crippen LogP contribution in [0.2, 0.25) is 0 Å². The first kappa shape index (κ1) is 57.5. The molecule has 5 saturated heterocycles. The van der Waals surface area contributed by atoms with Crippen LogP contribution in [0.15, 0.2) is 36.7 Å². The van der Waals surface area contributed by atoms with Crippen LogP contribution >= 0.6 is 59.9 Å². The van der Waals surface area contributed by atoms with Crippen molar-refractivity contribution in [1.82, 2.24) is 31.1 Å². The van der Waals surface area contributed by atoms with Gasteiger partial charge in [0.25, 0.3) is 11.8 Å². The van der Waals surface area contributed by atoms with Crippen LogP contribution in [0.1, 0.15) is 66.2 Å². The van der Waals surface area contributed by atoms with E-state index in [1.165, 1.54) is 7.11 Å². The number of hydroxylamine groups is 2. The predicted molar refractivity (Wildman–Crippen MR) is 259 cm³/mol. The molecule has 0 spiro atoms. The third-order valence-electron chi connectivity index (χ3n) is 9.80. The molecular formula is C38H62BI3N8O13V. The minimum absolute atomic E-state index is 0.0567. The number of anilines is 2. The predicted octanol–water partition coefficient (Wildman–Crippen LogP) is 1.94. The topological polar surface area (TPSA) is 251 Å². The van der Waals surface area contributed by atoms with Gasteiger partial charge in [-0.15, -0.1) is 0 Å². The van der Waals surface area contributed by atoms with Crippen LogP contribution in [0.25, 0.3) is 0 Å². The van der Waals surface area contributed by atoms with Gasteiger partial charge in [-0.1, -0.05) is 0 Å². The maximum atomic E-state index is 12.2. The average molecular weight is 1280 g/mol. The van der Waals surface area contributed by atoms with E-state index >= 15 is 0 Å². The number of ether oxygens (including phenoxy) is 4. The van der Waals surface area contributed by atoms with Crippen LogP contribution in [-0.2, 0) is 38.2 Å². The molecule has 7 rings (SSSR count). The van der Waals surface area contributed by atoms with Gasteiger partial charge in [-0.05, 0) is 56.9 Å². The Morgan fingerprint density at radius 1 is 0.797 bits per heavy atom. The van der Waals surface area contributed by atoms with E-state index < -0.39 is 12.6 Å². The Bertz CT molecular complexity index is 1520. The summed E-state index contributed by atoms with van der Waals surface area (Å²) in [7, 11) is 2.00. The molecule has 2 aromatic heterocycles. The summed E-state index contributed by atoms with van der Waals surface area (Å²) in [6, 6.07) is 7.44. The summed E-state index contributed by atoms with van der Waals surface area (Å²) in [4.78, 5) is 49.9. The fourth-order valence-electron chi connectivity index (χ4n) is 6.26. The van der Waals surface area contributed by atoms with Crippen molar-refractivity contribution in [3.05, 3.63) is 47.8 Å². The van der Waals surface area contributed by atoms with Crippen molar-refractivity contribution >= 4 is 91.1 Å². The zero-order chi connectivity index (χ0) is 46.5. The molecule has 21 nitrogen and oxygen atoms in total. The standard InChI is InChI=1S/C18H28N4O4.C15H22N4O3.C4H8O4.CH4BO2.3HI.V/c1-14(13-23)21-7-9-22(10-8-21)16-6-5-15(12-19-16)18(24)20-26-17-4-2-3-11-25-17;20-15(18-22-14-3-1-2-10-21-14)12-4-5-13(17-11-12)19-8-6-16-7-9-19;5-3-1-7-4(6)2-8-3;1-4-2-3;;;;/h5-6,12,14,17,23H,2-4,7-11,13H2,1H3,(H,20,24);4-5,11,14,16H,1-3,6-10H2,(H,18,20);3-6H,1-2H2;3H,1H3;3*1H;/q;;;;;;;+3/p-3. The zero-order valence-electron chi connectivity index (χ0n) is 36.1. The number of carbonyl (C=O) groups excluding carboxylic acids is 2. The monoisotopic (exact) mass is 1280 g/mol. The van der Waals surface area contributed by atoms with E-state index in [4.69, 9.17) is 34.4 Å². The number of aliphatic hydroxyl groups excluding tert-OH is 3. The maximum absolute atomic E-state index is 12.2. The molecule has 5 aliphatic heterocycles. The number of nitrogens with zero attached hydrogens (tertiary/aromatic N) is 5. The van der Waals surface area contributed by atoms with Crippen LogP contribution in [0.4, 0.5) is 11.6 Å². The molecule has 0 bridgehead atoms. The number of halogens is 3. The van der Waals surface area contributed by atoms with Crippen molar-refractivity contribution in [2.45, 2.75) is 76.7 Å². The summed E-state index contributed by atoms with van der Waals surface area (Å²) in [5, 5.41) is 37.2. The van der Waals surface area contributed by atoms with Crippen LogP contribution in [-0.4, -0.2) is 178 Å². The van der Waals surface area contributed by atoms with Crippen molar-refractivity contribution in [1.29, 1.82) is 0 Å². The number of pyridine rings is 2. The molecule has 7 heterocycles. The Morgan fingerprint density at radius 2 is 1.23 bits per heavy atom. The van der Waals surface area contributed by atoms with Gasteiger partial charge in [-0.2, -0.15) is 0 Å². The summed E-state index contributed by atoms with van der Waals surface area (Å²) in [5.41, 5.74) is 5.82. The van der Waals surface area contributed by atoms with Crippen molar-refractivity contribution in [2.75, 3.05) is 102 Å². The Balaban J connectivity index is 0.000000256. The molecular weight excluding hydrogens is 1220 g/mol. The number of nitrogens with one attached hydrogen (secondary N) is 3. The van der Waals surface area contributed by atoms with Crippen LogP contribution in [0.5, 0.6) is 0 Å². The molecule has 7 N–H and O–H groups in total. The van der Waals surface area contributed by atoms with Crippen LogP contribution in [0.3, 0.4) is 0 Å². The van der Waals surface area contributed by atoms with Crippen molar-refractivity contribution in [2.24, 2.45) is 0 Å². The number of aromatic nitrogens is 2. The second kappa shape index (κ2) is 34.4. The number of rotatable bonds is 11. The van der Waals surface area contributed by atoms with Crippen molar-refractivity contribution in [3.8, 4) is 0 Å². The van der Waals surface area contributed by atoms with E-state index in [1.807, 2.05) is 19.1 Å². The van der Waals surface area contributed by atoms with Gasteiger partial charge in [0.1, 0.15) is 24.8 Å². The second-order valence-electron chi connectivity index (χ2n) is 14.4. The summed E-state index contributed by atoms with van der Waals surface area (Å²) in [6.07, 6.45) is 6.50. The first-order valence-corrected chi connectivity index (χ1v) is 34.4. The van der Waals surface area contributed by atoms with Gasteiger partial charge in [-0.25, -0.2) is 30.6 Å². The molecule has 5 unspecified atom stereocenters. The summed E-state index contributed by atoms with van der Waals surface area (Å²) >= 11 is 7.39. The van der Waals surface area contributed by atoms with E-state index in [2.05, 4.69) is 115 Å². The van der Waals surface area contributed by atoms with Crippen LogP contribution in [0, 0.1) is 0 Å². The third kappa shape index (κ3) is 23.9. The van der Waals surface area contributed by atoms with Crippen molar-refractivity contribution < 1.29 is 68.1 Å². The number of piperazine rings is 2. The molecule has 1 radical (unpaired) electrons.